The molecular weight excluding hydrogens is 248 g/mol. The molecule has 1 aliphatic heterocycles. The number of nitrogens with one attached hydrogen (secondary N) is 1. The van der Waals surface area contributed by atoms with Crippen molar-refractivity contribution >= 4 is 0 Å². The molecule has 3 unspecified atom stereocenters. The van der Waals surface area contributed by atoms with Gasteiger partial charge in [-0.3, -0.25) is 0 Å². The smallest absolute Gasteiger partial charge is 0.0610 e. The summed E-state index contributed by atoms with van der Waals surface area (Å²) in [6, 6.07) is 1.42. The van der Waals surface area contributed by atoms with Crippen molar-refractivity contribution < 1.29 is 5.11 Å². The highest BCUT2D eigenvalue weighted by Gasteiger charge is 2.31. The zero-order valence-electron chi connectivity index (χ0n) is 13.7. The number of hydrogen-bond acceptors (Lipinski definition) is 3. The Kier molecular flexibility index (Phi) is 5.88. The van der Waals surface area contributed by atoms with Crippen LogP contribution in [0.15, 0.2) is 0 Å². The Bertz CT molecular complexity index is 293. The largest absolute Gasteiger partial charge is 0.394 e. The fourth-order valence-electron chi connectivity index (χ4n) is 3.48. The maximum Gasteiger partial charge on any atom is 0.0610 e. The number of aliphatic hydroxyl groups is 1. The van der Waals surface area contributed by atoms with Crippen molar-refractivity contribution in [3.8, 4) is 0 Å². The summed E-state index contributed by atoms with van der Waals surface area (Å²) in [5, 5.41) is 13.2. The maximum absolute atomic E-state index is 9.61. The van der Waals surface area contributed by atoms with Crippen LogP contribution in [0.1, 0.15) is 65.7 Å². The van der Waals surface area contributed by atoms with Gasteiger partial charge in [0, 0.05) is 17.6 Å². The number of piperidine rings is 1. The van der Waals surface area contributed by atoms with Crippen LogP contribution in [0, 0.1) is 5.92 Å². The lowest BCUT2D eigenvalue weighted by Crippen LogP contribution is -2.47. The van der Waals surface area contributed by atoms with E-state index in [9.17, 15) is 5.11 Å². The molecule has 3 heteroatoms. The summed E-state index contributed by atoms with van der Waals surface area (Å²) in [6.07, 6.45) is 8.91. The Labute approximate surface area is 125 Å². The zero-order chi connectivity index (χ0) is 14.6. The molecule has 0 bridgehead atoms. The van der Waals surface area contributed by atoms with Crippen molar-refractivity contribution in [1.82, 2.24) is 10.2 Å². The Morgan fingerprint density at radius 1 is 1.20 bits per heavy atom. The fraction of sp³-hybridized carbons (Fsp3) is 1.00. The van der Waals surface area contributed by atoms with Crippen LogP contribution in [0.2, 0.25) is 0 Å². The van der Waals surface area contributed by atoms with E-state index in [0.717, 1.165) is 18.4 Å². The quantitative estimate of drug-likeness (QED) is 0.672. The molecule has 2 fully saturated rings. The number of unbranched alkanes of at least 4 members (excludes halogenated alkanes) is 1. The van der Waals surface area contributed by atoms with Crippen LogP contribution in [-0.2, 0) is 0 Å². The minimum atomic E-state index is -0.0536. The molecule has 0 spiro atoms. The zero-order valence-corrected chi connectivity index (χ0v) is 13.7. The van der Waals surface area contributed by atoms with E-state index in [1.807, 2.05) is 0 Å². The first kappa shape index (κ1) is 16.3. The van der Waals surface area contributed by atoms with Crippen molar-refractivity contribution in [3.63, 3.8) is 0 Å². The van der Waals surface area contributed by atoms with Gasteiger partial charge in [0.05, 0.1) is 6.61 Å². The SMILES string of the molecule is CC1CCCN(CCCCC(C)(CO)NC2CC2)C1C. The Morgan fingerprint density at radius 3 is 2.60 bits per heavy atom. The minimum Gasteiger partial charge on any atom is -0.394 e. The van der Waals surface area contributed by atoms with E-state index in [1.165, 1.54) is 51.6 Å². The Balaban J connectivity index is 1.64. The monoisotopic (exact) mass is 282 g/mol. The van der Waals surface area contributed by atoms with E-state index >= 15 is 0 Å². The van der Waals surface area contributed by atoms with E-state index in [0.29, 0.717) is 6.04 Å². The van der Waals surface area contributed by atoms with Crippen LogP contribution in [-0.4, -0.2) is 47.3 Å². The van der Waals surface area contributed by atoms with Gasteiger partial charge in [-0.2, -0.15) is 0 Å². The molecule has 3 nitrogen and oxygen atoms in total. The molecule has 1 heterocycles. The van der Waals surface area contributed by atoms with Crippen LogP contribution in [0.4, 0.5) is 0 Å². The summed E-state index contributed by atoms with van der Waals surface area (Å²) < 4.78 is 0. The molecule has 1 aliphatic carbocycles. The molecule has 118 valence electrons. The molecular formula is C17H34N2O. The lowest BCUT2D eigenvalue weighted by molar-refractivity contribution is 0.108. The molecule has 0 amide bonds. The van der Waals surface area contributed by atoms with E-state index in [-0.39, 0.29) is 12.1 Å². The second-order valence-electron chi connectivity index (χ2n) is 7.49. The molecule has 1 saturated carbocycles. The van der Waals surface area contributed by atoms with Gasteiger partial charge in [0.15, 0.2) is 0 Å². The first-order chi connectivity index (χ1) is 9.54. The summed E-state index contributed by atoms with van der Waals surface area (Å²) in [5.41, 5.74) is -0.0536. The van der Waals surface area contributed by atoms with E-state index < -0.39 is 0 Å². The molecule has 2 rings (SSSR count). The summed E-state index contributed by atoms with van der Waals surface area (Å²) in [6.45, 7) is 9.73. The summed E-state index contributed by atoms with van der Waals surface area (Å²) in [5.74, 6) is 0.850. The van der Waals surface area contributed by atoms with Crippen molar-refractivity contribution in [3.05, 3.63) is 0 Å². The van der Waals surface area contributed by atoms with Gasteiger partial charge in [-0.25, -0.2) is 0 Å². The average Bonchev–Trinajstić information content (AvgIpc) is 3.23. The summed E-state index contributed by atoms with van der Waals surface area (Å²) in [4.78, 5) is 2.67. The lowest BCUT2D eigenvalue weighted by Gasteiger charge is -2.38. The van der Waals surface area contributed by atoms with Gasteiger partial charge >= 0.3 is 0 Å². The number of nitrogens with zero attached hydrogens (tertiary/aromatic N) is 1. The number of hydrogen-bond donors (Lipinski definition) is 2. The number of likely N-dealkylation sites (tertiary alicyclic amines) is 1. The number of rotatable bonds is 8. The van der Waals surface area contributed by atoms with Crippen LogP contribution in [0.5, 0.6) is 0 Å². The topological polar surface area (TPSA) is 35.5 Å². The molecule has 3 atom stereocenters. The highest BCUT2D eigenvalue weighted by Crippen LogP contribution is 2.26. The first-order valence-corrected chi connectivity index (χ1v) is 8.67. The molecule has 0 aromatic rings. The predicted octanol–water partition coefficient (Wildman–Crippen LogP) is 2.78. The lowest BCUT2D eigenvalue weighted by atomic mass is 9.91. The second-order valence-corrected chi connectivity index (χ2v) is 7.49. The minimum absolute atomic E-state index is 0.0536. The van der Waals surface area contributed by atoms with Gasteiger partial charge in [-0.1, -0.05) is 13.3 Å². The van der Waals surface area contributed by atoms with Crippen LogP contribution >= 0.6 is 0 Å². The Hall–Kier alpha value is -0.120. The van der Waals surface area contributed by atoms with Crippen LogP contribution < -0.4 is 5.32 Å². The molecule has 2 N–H and O–H groups in total. The summed E-state index contributed by atoms with van der Waals surface area (Å²) >= 11 is 0. The first-order valence-electron chi connectivity index (χ1n) is 8.67. The normalized spacial score (nSPS) is 31.2. The van der Waals surface area contributed by atoms with Gasteiger partial charge < -0.3 is 15.3 Å². The standard InChI is InChI=1S/C17H34N2O/c1-14-7-6-12-19(15(14)2)11-5-4-10-17(3,13-20)18-16-8-9-16/h14-16,18,20H,4-13H2,1-3H3. The fourth-order valence-corrected chi connectivity index (χ4v) is 3.48. The number of aliphatic hydroxyl groups excluding tert-OH is 1. The third kappa shape index (κ3) is 4.71. The van der Waals surface area contributed by atoms with E-state index in [2.05, 4.69) is 31.0 Å². The molecule has 2 aliphatic rings. The highest BCUT2D eigenvalue weighted by molar-refractivity contribution is 4.92. The third-order valence-corrected chi connectivity index (χ3v) is 5.41. The van der Waals surface area contributed by atoms with Crippen LogP contribution in [0.25, 0.3) is 0 Å². The van der Waals surface area contributed by atoms with E-state index in [1.54, 1.807) is 0 Å². The van der Waals surface area contributed by atoms with Gasteiger partial charge in [-0.05, 0) is 71.4 Å². The van der Waals surface area contributed by atoms with Crippen molar-refractivity contribution in [2.45, 2.75) is 83.3 Å². The maximum atomic E-state index is 9.61. The molecule has 0 aromatic heterocycles. The van der Waals surface area contributed by atoms with Crippen molar-refractivity contribution in [2.24, 2.45) is 5.92 Å². The summed E-state index contributed by atoms with van der Waals surface area (Å²) in [7, 11) is 0. The highest BCUT2D eigenvalue weighted by atomic mass is 16.3. The van der Waals surface area contributed by atoms with Crippen molar-refractivity contribution in [1.29, 1.82) is 0 Å². The third-order valence-electron chi connectivity index (χ3n) is 5.41. The van der Waals surface area contributed by atoms with Gasteiger partial charge in [0.25, 0.3) is 0 Å². The van der Waals surface area contributed by atoms with Crippen molar-refractivity contribution in [2.75, 3.05) is 19.7 Å². The Morgan fingerprint density at radius 2 is 1.95 bits per heavy atom. The predicted molar refractivity (Wildman–Crippen MR) is 84.9 cm³/mol. The molecule has 0 aromatic carbocycles. The average molecular weight is 282 g/mol. The molecule has 1 saturated heterocycles. The van der Waals surface area contributed by atoms with Crippen LogP contribution in [0.3, 0.4) is 0 Å². The second kappa shape index (κ2) is 7.24. The molecule has 0 radical (unpaired) electrons. The van der Waals surface area contributed by atoms with E-state index in [4.69, 9.17) is 0 Å². The van der Waals surface area contributed by atoms with Gasteiger partial charge in [-0.15, -0.1) is 0 Å². The van der Waals surface area contributed by atoms with Gasteiger partial charge in [0.2, 0.25) is 0 Å². The van der Waals surface area contributed by atoms with Gasteiger partial charge in [0.1, 0.15) is 0 Å². The molecule has 20 heavy (non-hydrogen) atoms.